The van der Waals surface area contributed by atoms with Gasteiger partial charge in [-0.1, -0.05) is 6.42 Å². The van der Waals surface area contributed by atoms with Gasteiger partial charge in [-0.05, 0) is 37.1 Å². The van der Waals surface area contributed by atoms with E-state index in [1.807, 2.05) is 0 Å². The molecule has 1 aromatic rings. The van der Waals surface area contributed by atoms with Gasteiger partial charge in [0.15, 0.2) is 9.84 Å². The van der Waals surface area contributed by atoms with Crippen molar-refractivity contribution in [3.05, 3.63) is 29.8 Å². The molecule has 1 aliphatic carbocycles. The molecule has 0 bridgehead atoms. The summed E-state index contributed by atoms with van der Waals surface area (Å²) in [5, 5.41) is 11.9. The third-order valence-electron chi connectivity index (χ3n) is 4.18. The molecule has 0 aliphatic heterocycles. The van der Waals surface area contributed by atoms with Crippen molar-refractivity contribution < 1.29 is 27.9 Å². The number of amides is 1. The van der Waals surface area contributed by atoms with Crippen molar-refractivity contribution in [3.63, 3.8) is 0 Å². The van der Waals surface area contributed by atoms with E-state index in [9.17, 15) is 18.0 Å². The van der Waals surface area contributed by atoms with Gasteiger partial charge in [-0.25, -0.2) is 8.42 Å². The van der Waals surface area contributed by atoms with Crippen molar-refractivity contribution in [2.24, 2.45) is 5.92 Å². The van der Waals surface area contributed by atoms with Gasteiger partial charge in [-0.3, -0.25) is 9.59 Å². The van der Waals surface area contributed by atoms with E-state index in [1.165, 1.54) is 31.4 Å². The van der Waals surface area contributed by atoms with E-state index >= 15 is 0 Å². The predicted octanol–water partition coefficient (Wildman–Crippen LogP) is 1.09. The smallest absolute Gasteiger partial charge is 0.308 e. The Bertz CT molecular complexity index is 698. The zero-order valence-electron chi connectivity index (χ0n) is 13.4. The van der Waals surface area contributed by atoms with Crippen molar-refractivity contribution in [1.82, 2.24) is 5.32 Å². The van der Waals surface area contributed by atoms with Crippen LogP contribution in [0.4, 0.5) is 0 Å². The molecular formula is C16H21NO6S. The fraction of sp³-hybridized carbons (Fsp3) is 0.500. The Morgan fingerprint density at radius 1 is 1.25 bits per heavy atom. The Hall–Kier alpha value is -1.93. The summed E-state index contributed by atoms with van der Waals surface area (Å²) in [7, 11) is -2.01. The van der Waals surface area contributed by atoms with Gasteiger partial charge in [-0.15, -0.1) is 0 Å². The third-order valence-corrected chi connectivity index (χ3v) is 5.88. The van der Waals surface area contributed by atoms with Crippen molar-refractivity contribution >= 4 is 21.7 Å². The second kappa shape index (κ2) is 7.76. The van der Waals surface area contributed by atoms with Crippen LogP contribution >= 0.6 is 0 Å². The van der Waals surface area contributed by atoms with Crippen molar-refractivity contribution in [1.29, 1.82) is 0 Å². The van der Waals surface area contributed by atoms with E-state index in [-0.39, 0.29) is 23.3 Å². The Morgan fingerprint density at radius 3 is 2.50 bits per heavy atom. The minimum Gasteiger partial charge on any atom is -0.481 e. The standard InChI is InChI=1S/C16H21NO6S/c1-23-9-10-24(21,22)12-7-5-11(6-8-12)15(18)17-14-4-2-3-13(14)16(19)20/h5-8,13-14H,2-4,9-10H2,1H3,(H,17,18)(H,19,20)/t13-,14+/m0/s1. The Labute approximate surface area is 140 Å². The zero-order chi connectivity index (χ0) is 17.7. The molecule has 0 unspecified atom stereocenters. The van der Waals surface area contributed by atoms with Gasteiger partial charge in [0, 0.05) is 18.7 Å². The molecule has 1 aromatic carbocycles. The summed E-state index contributed by atoms with van der Waals surface area (Å²) in [4.78, 5) is 23.5. The van der Waals surface area contributed by atoms with E-state index in [0.717, 1.165) is 6.42 Å². The number of benzene rings is 1. The molecule has 132 valence electrons. The summed E-state index contributed by atoms with van der Waals surface area (Å²) < 4.78 is 28.8. The SMILES string of the molecule is COCCS(=O)(=O)c1ccc(C(=O)N[C@@H]2CCC[C@@H]2C(=O)O)cc1. The maximum atomic E-state index is 12.2. The van der Waals surface area contributed by atoms with Crippen LogP contribution in [0.25, 0.3) is 0 Å². The van der Waals surface area contributed by atoms with Crippen molar-refractivity contribution in [2.45, 2.75) is 30.2 Å². The third kappa shape index (κ3) is 4.33. The number of aliphatic carboxylic acids is 1. The minimum absolute atomic E-state index is 0.100. The summed E-state index contributed by atoms with van der Waals surface area (Å²) in [6.07, 6.45) is 1.95. The highest BCUT2D eigenvalue weighted by Gasteiger charge is 2.34. The summed E-state index contributed by atoms with van der Waals surface area (Å²) >= 11 is 0. The first-order valence-electron chi connectivity index (χ1n) is 7.70. The number of sulfone groups is 1. The van der Waals surface area contributed by atoms with Gasteiger partial charge >= 0.3 is 5.97 Å². The molecule has 1 saturated carbocycles. The summed E-state index contributed by atoms with van der Waals surface area (Å²) in [5.74, 6) is -1.99. The van der Waals surface area contributed by atoms with Crippen molar-refractivity contribution in [2.75, 3.05) is 19.5 Å². The molecule has 0 saturated heterocycles. The van der Waals surface area contributed by atoms with Gasteiger partial charge in [0.2, 0.25) is 0 Å². The number of carboxylic acid groups (broad SMARTS) is 1. The lowest BCUT2D eigenvalue weighted by atomic mass is 10.0. The molecule has 0 aromatic heterocycles. The summed E-state index contributed by atoms with van der Waals surface area (Å²) in [5.41, 5.74) is 0.303. The molecule has 1 amide bonds. The number of nitrogens with one attached hydrogen (secondary N) is 1. The topological polar surface area (TPSA) is 110 Å². The second-order valence-electron chi connectivity index (χ2n) is 5.79. The largest absolute Gasteiger partial charge is 0.481 e. The number of methoxy groups -OCH3 is 1. The van der Waals surface area contributed by atoms with Gasteiger partial charge < -0.3 is 15.2 Å². The number of carbonyl (C=O) groups excluding carboxylic acids is 1. The normalized spacial score (nSPS) is 20.7. The first-order valence-corrected chi connectivity index (χ1v) is 9.36. The second-order valence-corrected chi connectivity index (χ2v) is 7.90. The molecule has 0 spiro atoms. The molecule has 24 heavy (non-hydrogen) atoms. The molecule has 2 rings (SSSR count). The minimum atomic E-state index is -3.44. The van der Waals surface area contributed by atoms with Crippen LogP contribution in [0.3, 0.4) is 0 Å². The van der Waals surface area contributed by atoms with E-state index in [2.05, 4.69) is 5.32 Å². The molecule has 8 heteroatoms. The van der Waals surface area contributed by atoms with Crippen LogP contribution in [0.1, 0.15) is 29.6 Å². The first-order chi connectivity index (χ1) is 11.3. The van der Waals surface area contributed by atoms with E-state index in [4.69, 9.17) is 9.84 Å². The number of carbonyl (C=O) groups is 2. The average Bonchev–Trinajstić information content (AvgIpc) is 3.01. The quantitative estimate of drug-likeness (QED) is 0.758. The van der Waals surface area contributed by atoms with Gasteiger partial charge in [0.05, 0.1) is 23.2 Å². The molecule has 2 atom stereocenters. The monoisotopic (exact) mass is 355 g/mol. The Balaban J connectivity index is 2.05. The fourth-order valence-electron chi connectivity index (χ4n) is 2.80. The lowest BCUT2D eigenvalue weighted by molar-refractivity contribution is -0.142. The van der Waals surface area contributed by atoms with Crippen LogP contribution in [-0.4, -0.2) is 50.9 Å². The van der Waals surface area contributed by atoms with Gasteiger partial charge in [0.25, 0.3) is 5.91 Å². The fourth-order valence-corrected chi connectivity index (χ4v) is 3.98. The van der Waals surface area contributed by atoms with E-state index < -0.39 is 27.6 Å². The van der Waals surface area contributed by atoms with E-state index in [0.29, 0.717) is 18.4 Å². The highest BCUT2D eigenvalue weighted by Crippen LogP contribution is 2.26. The highest BCUT2D eigenvalue weighted by molar-refractivity contribution is 7.91. The van der Waals surface area contributed by atoms with Crippen LogP contribution in [0.2, 0.25) is 0 Å². The first kappa shape index (κ1) is 18.4. The molecule has 1 fully saturated rings. The number of hydrogen-bond donors (Lipinski definition) is 2. The number of ether oxygens (including phenoxy) is 1. The number of carboxylic acids is 1. The van der Waals surface area contributed by atoms with Crippen LogP contribution < -0.4 is 5.32 Å². The Kier molecular flexibility index (Phi) is 5.95. The zero-order valence-corrected chi connectivity index (χ0v) is 14.2. The van der Waals surface area contributed by atoms with Gasteiger partial charge in [0.1, 0.15) is 0 Å². The molecule has 2 N–H and O–H groups in total. The number of rotatable bonds is 7. The van der Waals surface area contributed by atoms with E-state index in [1.54, 1.807) is 0 Å². The molecule has 0 radical (unpaired) electrons. The maximum Gasteiger partial charge on any atom is 0.308 e. The maximum absolute atomic E-state index is 12.2. The van der Waals surface area contributed by atoms with Gasteiger partial charge in [-0.2, -0.15) is 0 Å². The molecular weight excluding hydrogens is 334 g/mol. The van der Waals surface area contributed by atoms with Crippen LogP contribution in [0.15, 0.2) is 29.2 Å². The average molecular weight is 355 g/mol. The molecule has 1 aliphatic rings. The van der Waals surface area contributed by atoms with Crippen LogP contribution in [0.5, 0.6) is 0 Å². The van der Waals surface area contributed by atoms with Crippen LogP contribution in [0, 0.1) is 5.92 Å². The van der Waals surface area contributed by atoms with Crippen LogP contribution in [-0.2, 0) is 19.4 Å². The lowest BCUT2D eigenvalue weighted by Crippen LogP contribution is -2.40. The highest BCUT2D eigenvalue weighted by atomic mass is 32.2. The summed E-state index contributed by atoms with van der Waals surface area (Å²) in [6, 6.07) is 5.23. The Morgan fingerprint density at radius 2 is 1.92 bits per heavy atom. The molecule has 7 nitrogen and oxygen atoms in total. The van der Waals surface area contributed by atoms with Crippen molar-refractivity contribution in [3.8, 4) is 0 Å². The predicted molar refractivity (Wildman–Crippen MR) is 86.6 cm³/mol. The number of hydrogen-bond acceptors (Lipinski definition) is 5. The molecule has 0 heterocycles. The summed E-state index contributed by atoms with van der Waals surface area (Å²) in [6.45, 7) is 0.100. The lowest BCUT2D eigenvalue weighted by Gasteiger charge is -2.17.